The highest BCUT2D eigenvalue weighted by Gasteiger charge is 2.17. The summed E-state index contributed by atoms with van der Waals surface area (Å²) < 4.78 is 32.7. The van der Waals surface area contributed by atoms with E-state index >= 15 is 0 Å². The first-order valence-corrected chi connectivity index (χ1v) is 9.72. The zero-order valence-electron chi connectivity index (χ0n) is 15.0. The van der Waals surface area contributed by atoms with E-state index in [4.69, 9.17) is 4.74 Å². The molecule has 1 heterocycles. The Hall–Kier alpha value is -2.45. The molecular weight excluding hydrogens is 354 g/mol. The number of rotatable bonds is 8. The normalized spacial score (nSPS) is 12.6. The number of benzene rings is 1. The van der Waals surface area contributed by atoms with E-state index in [1.807, 2.05) is 13.8 Å². The summed E-state index contributed by atoms with van der Waals surface area (Å²) in [5, 5.41) is 2.76. The summed E-state index contributed by atoms with van der Waals surface area (Å²) in [6.45, 7) is 5.54. The van der Waals surface area contributed by atoms with Crippen LogP contribution in [0.5, 0.6) is 5.75 Å². The molecule has 7 nitrogen and oxygen atoms in total. The van der Waals surface area contributed by atoms with Crippen LogP contribution >= 0.6 is 0 Å². The van der Waals surface area contributed by atoms with Crippen LogP contribution in [0.1, 0.15) is 26.3 Å². The second kappa shape index (κ2) is 8.77. The first kappa shape index (κ1) is 19.9. The molecule has 0 bridgehead atoms. The van der Waals surface area contributed by atoms with Crippen LogP contribution in [0.4, 0.5) is 0 Å². The molecule has 0 saturated carbocycles. The predicted octanol–water partition coefficient (Wildman–Crippen LogP) is 1.85. The Morgan fingerprint density at radius 1 is 1.08 bits per heavy atom. The Bertz CT molecular complexity index is 821. The van der Waals surface area contributed by atoms with Crippen LogP contribution in [0.3, 0.4) is 0 Å². The number of pyridine rings is 1. The minimum Gasteiger partial charge on any atom is -0.481 e. The zero-order valence-corrected chi connectivity index (χ0v) is 15.8. The number of ether oxygens (including phenoxy) is 1. The van der Waals surface area contributed by atoms with Gasteiger partial charge in [-0.2, -0.15) is 0 Å². The number of nitrogens with one attached hydrogen (secondary N) is 2. The second-order valence-corrected chi connectivity index (χ2v) is 7.84. The quantitative estimate of drug-likeness (QED) is 0.732. The predicted molar refractivity (Wildman–Crippen MR) is 98.1 cm³/mol. The molecule has 0 aliphatic heterocycles. The first-order valence-electron chi connectivity index (χ1n) is 8.23. The fraction of sp³-hybridized carbons (Fsp3) is 0.333. The Morgan fingerprint density at radius 3 is 2.27 bits per heavy atom. The lowest BCUT2D eigenvalue weighted by atomic mass is 10.3. The minimum atomic E-state index is -3.64. The first-order chi connectivity index (χ1) is 12.3. The third kappa shape index (κ3) is 5.82. The molecule has 0 unspecified atom stereocenters. The lowest BCUT2D eigenvalue weighted by molar-refractivity contribution is -0.127. The molecule has 0 aliphatic rings. The summed E-state index contributed by atoms with van der Waals surface area (Å²) in [6, 6.07) is 9.44. The van der Waals surface area contributed by atoms with Crippen molar-refractivity contribution >= 4 is 15.9 Å². The van der Waals surface area contributed by atoms with Gasteiger partial charge in [0.2, 0.25) is 10.0 Å². The Kier molecular flexibility index (Phi) is 6.70. The molecule has 1 aromatic heterocycles. The third-order valence-corrected chi connectivity index (χ3v) is 4.88. The topological polar surface area (TPSA) is 97.4 Å². The van der Waals surface area contributed by atoms with Gasteiger partial charge in [0.1, 0.15) is 5.75 Å². The molecule has 8 heteroatoms. The van der Waals surface area contributed by atoms with Crippen LogP contribution in [0.2, 0.25) is 0 Å². The van der Waals surface area contributed by atoms with Crippen molar-refractivity contribution in [2.24, 2.45) is 0 Å². The average molecular weight is 377 g/mol. The fourth-order valence-electron chi connectivity index (χ4n) is 2.12. The standard InChI is InChI=1S/C18H23N3O4S/c1-13(2)21-18(22)14(3)25-16-4-6-17(7-5-16)26(23,24)20-12-15-8-10-19-11-9-15/h4-11,13-14,20H,12H2,1-3H3,(H,21,22)/t14-/m1/s1. The van der Waals surface area contributed by atoms with Crippen molar-refractivity contribution in [2.75, 3.05) is 0 Å². The van der Waals surface area contributed by atoms with Gasteiger partial charge in [-0.1, -0.05) is 0 Å². The lowest BCUT2D eigenvalue weighted by Crippen LogP contribution is -2.40. The zero-order chi connectivity index (χ0) is 19.2. The summed E-state index contributed by atoms with van der Waals surface area (Å²) in [4.78, 5) is 15.9. The number of sulfonamides is 1. The smallest absolute Gasteiger partial charge is 0.260 e. The van der Waals surface area contributed by atoms with Crippen molar-refractivity contribution in [3.8, 4) is 5.75 Å². The van der Waals surface area contributed by atoms with E-state index in [1.165, 1.54) is 24.3 Å². The van der Waals surface area contributed by atoms with Gasteiger partial charge >= 0.3 is 0 Å². The maximum atomic E-state index is 12.3. The summed E-state index contributed by atoms with van der Waals surface area (Å²) >= 11 is 0. The van der Waals surface area contributed by atoms with E-state index in [2.05, 4.69) is 15.0 Å². The van der Waals surface area contributed by atoms with Gasteiger partial charge in [-0.25, -0.2) is 13.1 Å². The van der Waals surface area contributed by atoms with E-state index in [0.717, 1.165) is 5.56 Å². The molecule has 0 radical (unpaired) electrons. The van der Waals surface area contributed by atoms with Crippen LogP contribution in [0.25, 0.3) is 0 Å². The van der Waals surface area contributed by atoms with Crippen LogP contribution in [-0.4, -0.2) is 31.5 Å². The highest BCUT2D eigenvalue weighted by molar-refractivity contribution is 7.89. The maximum Gasteiger partial charge on any atom is 0.260 e. The lowest BCUT2D eigenvalue weighted by Gasteiger charge is -2.16. The Labute approximate surface area is 153 Å². The molecule has 1 atom stereocenters. The van der Waals surface area contributed by atoms with Gasteiger partial charge in [0.25, 0.3) is 5.91 Å². The van der Waals surface area contributed by atoms with Gasteiger partial charge in [-0.05, 0) is 62.7 Å². The number of amides is 1. The van der Waals surface area contributed by atoms with Crippen molar-refractivity contribution in [1.29, 1.82) is 0 Å². The Morgan fingerprint density at radius 2 is 1.69 bits per heavy atom. The van der Waals surface area contributed by atoms with Gasteiger partial charge in [-0.15, -0.1) is 0 Å². The summed E-state index contributed by atoms with van der Waals surface area (Å²) in [5.74, 6) is 0.195. The van der Waals surface area contributed by atoms with E-state index in [9.17, 15) is 13.2 Å². The van der Waals surface area contributed by atoms with Gasteiger partial charge in [0.05, 0.1) is 4.90 Å². The molecule has 0 spiro atoms. The molecule has 2 N–H and O–H groups in total. The molecule has 140 valence electrons. The number of carbonyl (C=O) groups is 1. The molecule has 0 aliphatic carbocycles. The summed E-state index contributed by atoms with van der Waals surface area (Å²) in [5.41, 5.74) is 0.813. The number of hydrogen-bond acceptors (Lipinski definition) is 5. The number of hydrogen-bond donors (Lipinski definition) is 2. The highest BCUT2D eigenvalue weighted by atomic mass is 32.2. The Balaban J connectivity index is 1.98. The minimum absolute atomic E-state index is 0.0209. The molecular formula is C18H23N3O4S. The largest absolute Gasteiger partial charge is 0.481 e. The fourth-order valence-corrected chi connectivity index (χ4v) is 3.14. The third-order valence-electron chi connectivity index (χ3n) is 3.46. The second-order valence-electron chi connectivity index (χ2n) is 6.07. The summed E-state index contributed by atoms with van der Waals surface area (Å²) in [7, 11) is -3.64. The molecule has 0 saturated heterocycles. The van der Waals surface area contributed by atoms with Crippen molar-refractivity contribution < 1.29 is 17.9 Å². The van der Waals surface area contributed by atoms with Crippen LogP contribution in [0.15, 0.2) is 53.7 Å². The molecule has 26 heavy (non-hydrogen) atoms. The van der Waals surface area contributed by atoms with Crippen LogP contribution < -0.4 is 14.8 Å². The molecule has 2 aromatic rings. The van der Waals surface area contributed by atoms with E-state index in [-0.39, 0.29) is 23.4 Å². The van der Waals surface area contributed by atoms with Gasteiger partial charge in [-0.3, -0.25) is 9.78 Å². The summed E-state index contributed by atoms with van der Waals surface area (Å²) in [6.07, 6.45) is 2.53. The van der Waals surface area contributed by atoms with Gasteiger partial charge in [0.15, 0.2) is 6.10 Å². The molecule has 2 rings (SSSR count). The average Bonchev–Trinajstić information content (AvgIpc) is 2.61. The number of aromatic nitrogens is 1. The molecule has 1 amide bonds. The van der Waals surface area contributed by atoms with Crippen molar-refractivity contribution in [3.63, 3.8) is 0 Å². The monoisotopic (exact) mass is 377 g/mol. The van der Waals surface area contributed by atoms with Gasteiger partial charge in [0, 0.05) is 25.0 Å². The highest BCUT2D eigenvalue weighted by Crippen LogP contribution is 2.17. The SMILES string of the molecule is CC(C)NC(=O)[C@@H](C)Oc1ccc(S(=O)(=O)NCc2ccncc2)cc1. The van der Waals surface area contributed by atoms with E-state index in [1.54, 1.807) is 31.5 Å². The van der Waals surface area contributed by atoms with Gasteiger partial charge < -0.3 is 10.1 Å². The van der Waals surface area contributed by atoms with Crippen molar-refractivity contribution in [2.45, 2.75) is 44.4 Å². The maximum absolute atomic E-state index is 12.3. The van der Waals surface area contributed by atoms with E-state index < -0.39 is 16.1 Å². The van der Waals surface area contributed by atoms with Crippen molar-refractivity contribution in [3.05, 3.63) is 54.4 Å². The van der Waals surface area contributed by atoms with Crippen LogP contribution in [0, 0.1) is 0 Å². The molecule has 0 fully saturated rings. The van der Waals surface area contributed by atoms with Crippen molar-refractivity contribution in [1.82, 2.24) is 15.0 Å². The molecule has 1 aromatic carbocycles. The number of carbonyl (C=O) groups excluding carboxylic acids is 1. The van der Waals surface area contributed by atoms with Crippen LogP contribution in [-0.2, 0) is 21.4 Å². The number of nitrogens with zero attached hydrogens (tertiary/aromatic N) is 1. The van der Waals surface area contributed by atoms with E-state index in [0.29, 0.717) is 5.75 Å².